The van der Waals surface area contributed by atoms with E-state index in [0.29, 0.717) is 0 Å². The monoisotopic (exact) mass is 688 g/mol. The second kappa shape index (κ2) is 28.4. The summed E-state index contributed by atoms with van der Waals surface area (Å²) >= 11 is -1.21. The molecule has 0 rings (SSSR count). The second-order valence-corrected chi connectivity index (χ2v) is 28.2. The van der Waals surface area contributed by atoms with Crippen molar-refractivity contribution in [3.8, 4) is 0 Å². The van der Waals surface area contributed by atoms with E-state index in [0.717, 1.165) is 0 Å². The number of hydrogen-bond acceptors (Lipinski definition) is 0. The van der Waals surface area contributed by atoms with Crippen molar-refractivity contribution >= 4 is 70.3 Å². The van der Waals surface area contributed by atoms with Gasteiger partial charge in [0.2, 0.25) is 0 Å². The van der Waals surface area contributed by atoms with E-state index < -0.39 is 43.0 Å². The van der Waals surface area contributed by atoms with Gasteiger partial charge in [-0.1, -0.05) is 0 Å². The van der Waals surface area contributed by atoms with E-state index in [4.69, 9.17) is 0 Å². The Morgan fingerprint density at radius 2 is 0.409 bits per heavy atom. The summed E-state index contributed by atoms with van der Waals surface area (Å²) in [7, 11) is 0. The number of hydrogen-bond donors (Lipinski definition) is 0. The molecule has 0 saturated carbocycles. The van der Waals surface area contributed by atoms with Gasteiger partial charge in [0.05, 0.1) is 0 Å². The van der Waals surface area contributed by atoms with Gasteiger partial charge in [-0.3, -0.25) is 0 Å². The molecule has 0 atom stereocenters. The van der Waals surface area contributed by atoms with Gasteiger partial charge in [0.15, 0.2) is 0 Å². The van der Waals surface area contributed by atoms with Crippen LogP contribution in [0.15, 0.2) is 0 Å². The first kappa shape index (κ1) is 32.2. The summed E-state index contributed by atoms with van der Waals surface area (Å²) in [5.74, 6) is 0. The van der Waals surface area contributed by atoms with Crippen molar-refractivity contribution in [2.24, 2.45) is 0 Å². The molecule has 0 spiro atoms. The summed E-state index contributed by atoms with van der Waals surface area (Å²) in [5.41, 5.74) is 0. The van der Waals surface area contributed by atoms with Crippen molar-refractivity contribution in [1.82, 2.24) is 0 Å². The predicted octanol–water partition coefficient (Wildman–Crippen LogP) is 7.24. The van der Waals surface area contributed by atoms with Crippen LogP contribution in [-0.4, -0.2) is 70.3 Å². The minimum absolute atomic E-state index is 0. The Hall–Kier alpha value is 2.55. The maximum absolute atomic E-state index is 2.34. The quantitative estimate of drug-likeness (QED) is 0.225. The molecule has 0 bridgehead atoms. The number of rotatable bonds is 9. The molecule has 0 heterocycles. The molecule has 4 heteroatoms. The summed E-state index contributed by atoms with van der Waals surface area (Å²) in [4.78, 5) is 0. The summed E-state index contributed by atoms with van der Waals surface area (Å²) in [6.07, 6.45) is 0. The zero-order valence-electron chi connectivity index (χ0n) is 17.4. The molecule has 4 radical (unpaired) electrons. The van der Waals surface area contributed by atoms with Crippen LogP contribution in [-0.2, 0) is 0 Å². The topological polar surface area (TPSA) is 0 Å². The van der Waals surface area contributed by atoms with Crippen molar-refractivity contribution in [2.75, 3.05) is 0 Å². The molecule has 0 nitrogen and oxygen atoms in total. The minimum atomic E-state index is -0.403. The van der Waals surface area contributed by atoms with Gasteiger partial charge in [-0.15, -0.1) is 0 Å². The van der Waals surface area contributed by atoms with Crippen molar-refractivity contribution in [3.63, 3.8) is 0 Å². The van der Waals surface area contributed by atoms with Crippen LogP contribution in [0.2, 0.25) is 47.3 Å². The van der Waals surface area contributed by atoms with Crippen LogP contribution >= 0.6 is 0 Å². The van der Waals surface area contributed by atoms with Crippen LogP contribution in [0.1, 0.15) is 62.3 Å². The third-order valence-corrected chi connectivity index (χ3v) is 23.4. The van der Waals surface area contributed by atoms with Gasteiger partial charge in [-0.2, -0.15) is 0 Å². The molecule has 0 fully saturated rings. The summed E-state index contributed by atoms with van der Waals surface area (Å²) in [5, 5.41) is 13.7. The van der Waals surface area contributed by atoms with E-state index in [-0.39, 0.29) is 27.3 Å². The van der Waals surface area contributed by atoms with Crippen molar-refractivity contribution in [3.05, 3.63) is 0 Å². The standard InChI is InChI=1S/3C6H15Ge.Tl/c3*1-4-7(5-2)6-3;/h3*4-6H2,1-3H3;. The van der Waals surface area contributed by atoms with Crippen molar-refractivity contribution < 1.29 is 0 Å². The minimum Gasteiger partial charge on any atom is 0 e. The summed E-state index contributed by atoms with van der Waals surface area (Å²) in [6.45, 7) is 21.0. The first-order valence-corrected chi connectivity index (χ1v) is 22.9. The molecule has 0 N–H and O–H groups in total. The normalized spacial score (nSPS) is 9.82. The zero-order chi connectivity index (χ0) is 17.1. The van der Waals surface area contributed by atoms with Gasteiger partial charge in [0.25, 0.3) is 0 Å². The van der Waals surface area contributed by atoms with Crippen LogP contribution in [0.4, 0.5) is 0 Å². The Labute approximate surface area is 178 Å². The average Bonchev–Trinajstić information content (AvgIpc) is 2.54. The van der Waals surface area contributed by atoms with Gasteiger partial charge in [0.1, 0.15) is 0 Å². The molecule has 0 unspecified atom stereocenters. The maximum atomic E-state index is 2.34. The predicted molar refractivity (Wildman–Crippen MR) is 117 cm³/mol. The van der Waals surface area contributed by atoms with Gasteiger partial charge in [-0.05, 0) is 0 Å². The smallest absolute Gasteiger partial charge is 0 e. The Bertz CT molecular complexity index is 111. The fourth-order valence-corrected chi connectivity index (χ4v) is 11.7. The molecular formula is C18H45Ge3Tl. The molecule has 0 aromatic rings. The Balaban J connectivity index is -0.000000108. The van der Waals surface area contributed by atoms with Gasteiger partial charge < -0.3 is 0 Å². The van der Waals surface area contributed by atoms with Gasteiger partial charge in [-0.25, -0.2) is 0 Å². The third kappa shape index (κ3) is 24.8. The Morgan fingerprint density at radius 3 is 0.409 bits per heavy atom. The summed E-state index contributed by atoms with van der Waals surface area (Å²) in [6, 6.07) is 0. The zero-order valence-corrected chi connectivity index (χ0v) is 28.2. The first-order chi connectivity index (χ1) is 10.0. The van der Waals surface area contributed by atoms with Crippen LogP contribution in [0.5, 0.6) is 0 Å². The van der Waals surface area contributed by atoms with Crippen LogP contribution in [0.25, 0.3) is 0 Å². The van der Waals surface area contributed by atoms with E-state index in [2.05, 4.69) is 62.3 Å². The molecular weight excluding hydrogens is 638 g/mol. The Morgan fingerprint density at radius 1 is 0.318 bits per heavy atom. The molecule has 22 heavy (non-hydrogen) atoms. The maximum Gasteiger partial charge on any atom is 0 e. The van der Waals surface area contributed by atoms with Crippen molar-refractivity contribution in [1.29, 1.82) is 0 Å². The fraction of sp³-hybridized carbons (Fsp3) is 1.00. The van der Waals surface area contributed by atoms with Crippen molar-refractivity contribution in [2.45, 2.75) is 110 Å². The SMILES string of the molecule is C[CH2][Ge]([CH2]C)[CH2]C.C[CH2][Ge]([CH2]C)[CH2]C.C[CH2][Ge]([CH2]C)[CH2]C.[Tl]. The van der Waals surface area contributed by atoms with Gasteiger partial charge in [0, 0.05) is 27.3 Å². The van der Waals surface area contributed by atoms with Gasteiger partial charge >= 0.3 is 153 Å². The molecule has 0 aromatic carbocycles. The molecule has 0 aliphatic rings. The average molecular weight is 684 g/mol. The molecule has 0 saturated heterocycles. The molecule has 0 amide bonds. The first-order valence-electron chi connectivity index (χ1n) is 9.55. The molecule has 0 aliphatic carbocycles. The van der Waals surface area contributed by atoms with E-state index in [1.807, 2.05) is 0 Å². The van der Waals surface area contributed by atoms with E-state index in [1.54, 1.807) is 0 Å². The van der Waals surface area contributed by atoms with E-state index in [9.17, 15) is 0 Å². The third-order valence-electron chi connectivity index (χ3n) is 4.50. The molecule has 0 aliphatic heterocycles. The molecule has 132 valence electrons. The second-order valence-electron chi connectivity index (χ2n) is 5.43. The molecule has 0 aromatic heterocycles. The Kier molecular flexibility index (Phi) is 41.6. The van der Waals surface area contributed by atoms with Crippen LogP contribution in [0.3, 0.4) is 0 Å². The van der Waals surface area contributed by atoms with E-state index >= 15 is 0 Å². The van der Waals surface area contributed by atoms with E-state index in [1.165, 1.54) is 47.3 Å². The van der Waals surface area contributed by atoms with Crippen LogP contribution < -0.4 is 0 Å². The fourth-order valence-electron chi connectivity index (χ4n) is 2.25. The largest absolute Gasteiger partial charge is 0 e. The van der Waals surface area contributed by atoms with Crippen LogP contribution in [0, 0.1) is 0 Å². The summed E-state index contributed by atoms with van der Waals surface area (Å²) < 4.78 is 0.